The molecule has 1 unspecified atom stereocenters. The van der Waals surface area contributed by atoms with Crippen LogP contribution in [0.15, 0.2) is 78.9 Å². The van der Waals surface area contributed by atoms with Crippen LogP contribution in [0.25, 0.3) is 0 Å². The van der Waals surface area contributed by atoms with Crippen LogP contribution in [0.5, 0.6) is 0 Å². The summed E-state index contributed by atoms with van der Waals surface area (Å²) in [5, 5.41) is 14.0. The molecule has 210 valence electrons. The van der Waals surface area contributed by atoms with Gasteiger partial charge >= 0.3 is 0 Å². The van der Waals surface area contributed by atoms with Crippen LogP contribution in [0.2, 0.25) is 0 Å². The lowest BCUT2D eigenvalue weighted by Crippen LogP contribution is -2.57. The van der Waals surface area contributed by atoms with Crippen LogP contribution in [0.1, 0.15) is 39.9 Å². The topological polar surface area (TPSA) is 122 Å². The van der Waals surface area contributed by atoms with Gasteiger partial charge in [0.1, 0.15) is 6.04 Å². The van der Waals surface area contributed by atoms with Gasteiger partial charge in [0.2, 0.25) is 5.91 Å². The quantitative estimate of drug-likeness (QED) is 0.281. The van der Waals surface area contributed by atoms with Crippen molar-refractivity contribution in [2.45, 2.75) is 44.8 Å². The summed E-state index contributed by atoms with van der Waals surface area (Å²) in [6, 6.07) is 23.7. The van der Waals surface area contributed by atoms with Gasteiger partial charge in [0, 0.05) is 56.5 Å². The number of rotatable bonds is 11. The number of non-ortho nitro benzene ring substituents is 1. The normalized spacial score (nSPS) is 17.0. The van der Waals surface area contributed by atoms with E-state index >= 15 is 0 Å². The van der Waals surface area contributed by atoms with Crippen molar-refractivity contribution in [1.29, 1.82) is 0 Å². The van der Waals surface area contributed by atoms with Gasteiger partial charge in [0.05, 0.1) is 4.92 Å². The average molecular weight is 544 g/mol. The van der Waals surface area contributed by atoms with E-state index in [1.54, 1.807) is 29.2 Å². The fourth-order valence-corrected chi connectivity index (χ4v) is 5.21. The molecule has 4 rings (SSSR count). The minimum absolute atomic E-state index is 0.0367. The molecular weight excluding hydrogens is 506 g/mol. The number of amides is 2. The summed E-state index contributed by atoms with van der Waals surface area (Å²) >= 11 is 0. The third kappa shape index (κ3) is 7.52. The Labute approximate surface area is 235 Å². The summed E-state index contributed by atoms with van der Waals surface area (Å²) in [7, 11) is 0. The molecule has 40 heavy (non-hydrogen) atoms. The standard InChI is InChI=1S/C31H37N5O4/c1-23-7-11-26(12-8-23)31(38)35-20-16-28(21-29(35)30(37)33-18-17-32)34(19-15-24-5-3-2-4-6-24)22-25-9-13-27(14-10-25)36(39)40/h2-14,28-29H,15-22,32H2,1H3,(H,33,37)/t28?,29-/m1/s1. The van der Waals surface area contributed by atoms with Crippen LogP contribution in [0.3, 0.4) is 0 Å². The van der Waals surface area contributed by atoms with E-state index in [1.807, 2.05) is 37.3 Å². The molecule has 2 amide bonds. The smallest absolute Gasteiger partial charge is 0.269 e. The second-order valence-electron chi connectivity index (χ2n) is 10.3. The second kappa shape index (κ2) is 13.8. The van der Waals surface area contributed by atoms with Crippen molar-refractivity contribution < 1.29 is 14.5 Å². The molecule has 0 radical (unpaired) electrons. The lowest BCUT2D eigenvalue weighted by molar-refractivity contribution is -0.384. The van der Waals surface area contributed by atoms with Crippen LogP contribution >= 0.6 is 0 Å². The fraction of sp³-hybridized carbons (Fsp3) is 0.355. The number of nitrogens with two attached hydrogens (primary N) is 1. The molecule has 0 bridgehead atoms. The van der Waals surface area contributed by atoms with E-state index in [2.05, 4.69) is 22.3 Å². The summed E-state index contributed by atoms with van der Waals surface area (Å²) in [4.78, 5) is 41.6. The van der Waals surface area contributed by atoms with Crippen molar-refractivity contribution >= 4 is 17.5 Å². The molecule has 0 aliphatic carbocycles. The molecule has 1 saturated heterocycles. The predicted molar refractivity (Wildman–Crippen MR) is 155 cm³/mol. The number of nitro benzene ring substituents is 1. The Morgan fingerprint density at radius 1 is 1.02 bits per heavy atom. The molecular formula is C31H37N5O4. The Morgan fingerprint density at radius 2 is 1.73 bits per heavy atom. The van der Waals surface area contributed by atoms with Gasteiger partial charge < -0.3 is 16.0 Å². The molecule has 9 heteroatoms. The molecule has 0 aromatic heterocycles. The summed E-state index contributed by atoms with van der Waals surface area (Å²) in [5.41, 5.74) is 9.49. The molecule has 1 fully saturated rings. The Hall–Kier alpha value is -4.08. The maximum atomic E-state index is 13.5. The van der Waals surface area contributed by atoms with E-state index in [4.69, 9.17) is 5.73 Å². The monoisotopic (exact) mass is 543 g/mol. The van der Waals surface area contributed by atoms with E-state index in [1.165, 1.54) is 17.7 Å². The van der Waals surface area contributed by atoms with Crippen molar-refractivity contribution in [2.24, 2.45) is 5.73 Å². The van der Waals surface area contributed by atoms with E-state index in [9.17, 15) is 19.7 Å². The first kappa shape index (κ1) is 28.9. The largest absolute Gasteiger partial charge is 0.353 e. The first-order valence-corrected chi connectivity index (χ1v) is 13.7. The van der Waals surface area contributed by atoms with Crippen LogP contribution in [-0.4, -0.2) is 64.8 Å². The number of carbonyl (C=O) groups excluding carboxylic acids is 2. The number of nitrogens with zero attached hydrogens (tertiary/aromatic N) is 3. The van der Waals surface area contributed by atoms with Crippen molar-refractivity contribution in [2.75, 3.05) is 26.2 Å². The molecule has 9 nitrogen and oxygen atoms in total. The zero-order valence-corrected chi connectivity index (χ0v) is 22.9. The van der Waals surface area contributed by atoms with Crippen LogP contribution in [-0.2, 0) is 17.8 Å². The number of hydrogen-bond donors (Lipinski definition) is 2. The predicted octanol–water partition coefficient (Wildman–Crippen LogP) is 3.70. The molecule has 1 heterocycles. The van der Waals surface area contributed by atoms with Gasteiger partial charge in [-0.05, 0) is 49.4 Å². The molecule has 3 aromatic carbocycles. The number of hydrogen-bond acceptors (Lipinski definition) is 6. The van der Waals surface area contributed by atoms with Gasteiger partial charge in [-0.2, -0.15) is 0 Å². The number of aryl methyl sites for hydroxylation is 1. The summed E-state index contributed by atoms with van der Waals surface area (Å²) in [6.07, 6.45) is 2.01. The number of nitro groups is 1. The number of benzene rings is 3. The highest BCUT2D eigenvalue weighted by Gasteiger charge is 2.38. The third-order valence-electron chi connectivity index (χ3n) is 7.46. The Balaban J connectivity index is 1.57. The minimum Gasteiger partial charge on any atom is -0.353 e. The summed E-state index contributed by atoms with van der Waals surface area (Å²) in [5.74, 6) is -0.355. The SMILES string of the molecule is Cc1ccc(C(=O)N2CCC(N(CCc3ccccc3)Cc3ccc([N+](=O)[O-])cc3)C[C@@H]2C(=O)NCCN)cc1. The highest BCUT2D eigenvalue weighted by molar-refractivity contribution is 5.97. The first-order chi connectivity index (χ1) is 19.4. The van der Waals surface area contributed by atoms with E-state index < -0.39 is 11.0 Å². The molecule has 0 saturated carbocycles. The van der Waals surface area contributed by atoms with Gasteiger partial charge in [0.25, 0.3) is 11.6 Å². The highest BCUT2D eigenvalue weighted by Crippen LogP contribution is 2.27. The molecule has 3 N–H and O–H groups in total. The molecule has 3 aromatic rings. The van der Waals surface area contributed by atoms with Gasteiger partial charge in [-0.15, -0.1) is 0 Å². The van der Waals surface area contributed by atoms with E-state index in [0.29, 0.717) is 44.6 Å². The van der Waals surface area contributed by atoms with Gasteiger partial charge in [-0.25, -0.2) is 0 Å². The van der Waals surface area contributed by atoms with Crippen LogP contribution in [0, 0.1) is 17.0 Å². The third-order valence-corrected chi connectivity index (χ3v) is 7.46. The molecule has 0 spiro atoms. The zero-order chi connectivity index (χ0) is 28.5. The van der Waals surface area contributed by atoms with E-state index in [-0.39, 0.29) is 23.5 Å². The van der Waals surface area contributed by atoms with Gasteiger partial charge in [-0.1, -0.05) is 60.2 Å². The molecule has 1 aliphatic rings. The van der Waals surface area contributed by atoms with Crippen LogP contribution < -0.4 is 11.1 Å². The summed E-state index contributed by atoms with van der Waals surface area (Å²) < 4.78 is 0. The number of nitrogens with one attached hydrogen (secondary N) is 1. The molecule has 1 aliphatic heterocycles. The van der Waals surface area contributed by atoms with Gasteiger partial charge in [-0.3, -0.25) is 24.6 Å². The number of piperidine rings is 1. The van der Waals surface area contributed by atoms with Crippen molar-refractivity contribution in [3.8, 4) is 0 Å². The number of carbonyl (C=O) groups is 2. The lowest BCUT2D eigenvalue weighted by atomic mass is 9.93. The Morgan fingerprint density at radius 3 is 2.38 bits per heavy atom. The first-order valence-electron chi connectivity index (χ1n) is 13.7. The highest BCUT2D eigenvalue weighted by atomic mass is 16.6. The Bertz CT molecular complexity index is 1280. The summed E-state index contributed by atoms with van der Waals surface area (Å²) in [6.45, 7) is 4.40. The minimum atomic E-state index is -0.629. The maximum Gasteiger partial charge on any atom is 0.269 e. The molecule has 2 atom stereocenters. The zero-order valence-electron chi connectivity index (χ0n) is 22.9. The van der Waals surface area contributed by atoms with E-state index in [0.717, 1.165) is 24.1 Å². The average Bonchev–Trinajstić information content (AvgIpc) is 2.98. The van der Waals surface area contributed by atoms with Crippen molar-refractivity contribution in [3.05, 3.63) is 111 Å². The fourth-order valence-electron chi connectivity index (χ4n) is 5.21. The lowest BCUT2D eigenvalue weighted by Gasteiger charge is -2.43. The van der Waals surface area contributed by atoms with Crippen molar-refractivity contribution in [3.63, 3.8) is 0 Å². The number of likely N-dealkylation sites (tertiary alicyclic amines) is 1. The maximum absolute atomic E-state index is 13.5. The van der Waals surface area contributed by atoms with Gasteiger partial charge in [0.15, 0.2) is 0 Å². The van der Waals surface area contributed by atoms with Crippen molar-refractivity contribution in [1.82, 2.24) is 15.1 Å². The Kier molecular flexibility index (Phi) is 9.99. The van der Waals surface area contributed by atoms with Crippen LogP contribution in [0.4, 0.5) is 5.69 Å². The second-order valence-corrected chi connectivity index (χ2v) is 10.3.